The van der Waals surface area contributed by atoms with Crippen LogP contribution in [0.1, 0.15) is 66.1 Å². The standard InChI is InChI=1S/C34H35F3N6O4/c1-18-10-22(23-13-38-20(3)39-14-23)11-24-25(19(2)44)15-42(30(18)24)16-29(45)43-26(8-9-33(4)12-28(33)43)32(46)41-31-21(17-47-5)6-7-27(40-31)34(35,36)37/h6-7,10-11,13-15,26,28H,8-9,12,16-17H2,1-5H3,(H,40,41,46)/t26-,28+,33-/m0/s1. The lowest BCUT2D eigenvalue weighted by molar-refractivity contribution is -0.142. The number of hydrogen-bond acceptors (Lipinski definition) is 7. The lowest BCUT2D eigenvalue weighted by Crippen LogP contribution is -2.53. The second-order valence-electron chi connectivity index (χ2n) is 12.8. The minimum atomic E-state index is -4.71. The van der Waals surface area contributed by atoms with Crippen molar-refractivity contribution in [2.45, 2.75) is 78.4 Å². The first-order chi connectivity index (χ1) is 22.2. The molecule has 0 spiro atoms. The first-order valence-electron chi connectivity index (χ1n) is 15.3. The van der Waals surface area contributed by atoms with E-state index in [0.717, 1.165) is 22.8 Å². The molecule has 1 aromatic carbocycles. The fourth-order valence-electron chi connectivity index (χ4n) is 6.74. The van der Waals surface area contributed by atoms with Crippen molar-refractivity contribution in [3.05, 3.63) is 71.1 Å². The van der Waals surface area contributed by atoms with E-state index < -0.39 is 23.8 Å². The fraction of sp³-hybridized carbons (Fsp3) is 0.412. The van der Waals surface area contributed by atoms with Gasteiger partial charge in [-0.25, -0.2) is 15.0 Å². The van der Waals surface area contributed by atoms with E-state index in [1.165, 1.54) is 20.1 Å². The van der Waals surface area contributed by atoms with Gasteiger partial charge in [-0.3, -0.25) is 14.4 Å². The molecule has 4 aromatic rings. The van der Waals surface area contributed by atoms with Crippen LogP contribution in [0.15, 0.2) is 42.9 Å². The van der Waals surface area contributed by atoms with Crippen LogP contribution in [0.5, 0.6) is 0 Å². The molecule has 3 aromatic heterocycles. The van der Waals surface area contributed by atoms with Crippen LogP contribution in [0.3, 0.4) is 0 Å². The number of alkyl halides is 3. The quantitative estimate of drug-likeness (QED) is 0.237. The third kappa shape index (κ3) is 6.11. The van der Waals surface area contributed by atoms with E-state index in [0.29, 0.717) is 41.6 Å². The van der Waals surface area contributed by atoms with E-state index in [2.05, 4.69) is 27.2 Å². The molecular weight excluding hydrogens is 613 g/mol. The number of halogens is 3. The number of ketones is 1. The monoisotopic (exact) mass is 648 g/mol. The molecule has 3 atom stereocenters. The number of anilines is 1. The third-order valence-corrected chi connectivity index (χ3v) is 9.33. The summed E-state index contributed by atoms with van der Waals surface area (Å²) >= 11 is 0. The summed E-state index contributed by atoms with van der Waals surface area (Å²) in [7, 11) is 1.39. The number of nitrogens with zero attached hydrogens (tertiary/aromatic N) is 5. The number of Topliss-reactive ketones (excluding diaryl/α,β-unsaturated/α-hetero) is 1. The van der Waals surface area contributed by atoms with E-state index in [9.17, 15) is 27.6 Å². The lowest BCUT2D eigenvalue weighted by atomic mass is 9.92. The summed E-state index contributed by atoms with van der Waals surface area (Å²) in [4.78, 5) is 54.5. The number of fused-ring (bicyclic) bond motifs is 2. The van der Waals surface area contributed by atoms with Crippen molar-refractivity contribution >= 4 is 34.3 Å². The Bertz CT molecular complexity index is 1900. The maximum Gasteiger partial charge on any atom is 0.433 e. The fourth-order valence-corrected chi connectivity index (χ4v) is 6.74. The molecule has 1 N–H and O–H groups in total. The maximum atomic E-state index is 14.2. The van der Waals surface area contributed by atoms with Crippen molar-refractivity contribution in [1.82, 2.24) is 24.4 Å². The highest BCUT2D eigenvalue weighted by Crippen LogP contribution is 2.57. The minimum absolute atomic E-state index is 0.0635. The highest BCUT2D eigenvalue weighted by Gasteiger charge is 2.60. The number of nitrogens with one attached hydrogen (secondary N) is 1. The lowest BCUT2D eigenvalue weighted by Gasteiger charge is -2.37. The molecule has 0 unspecified atom stereocenters. The number of benzene rings is 1. The van der Waals surface area contributed by atoms with Gasteiger partial charge in [0.1, 0.15) is 29.9 Å². The van der Waals surface area contributed by atoms with Crippen LogP contribution in [0.25, 0.3) is 22.0 Å². The summed E-state index contributed by atoms with van der Waals surface area (Å²) in [5.41, 5.74) is 2.62. The molecule has 2 amide bonds. The molecular formula is C34H35F3N6O4. The first kappa shape index (κ1) is 32.3. The van der Waals surface area contributed by atoms with Gasteiger partial charge >= 0.3 is 6.18 Å². The van der Waals surface area contributed by atoms with Crippen molar-refractivity contribution in [3.63, 3.8) is 0 Å². The highest BCUT2D eigenvalue weighted by molar-refractivity contribution is 6.09. The van der Waals surface area contributed by atoms with Gasteiger partial charge in [0.15, 0.2) is 5.78 Å². The number of carbonyl (C=O) groups is 3. The molecule has 0 radical (unpaired) electrons. The summed E-state index contributed by atoms with van der Waals surface area (Å²) in [6.45, 7) is 7.04. The van der Waals surface area contributed by atoms with Crippen LogP contribution < -0.4 is 5.32 Å². The Hall–Kier alpha value is -4.65. The summed E-state index contributed by atoms with van der Waals surface area (Å²) in [5.74, 6) is -0.715. The summed E-state index contributed by atoms with van der Waals surface area (Å²) in [6.07, 6.45) is 2.14. The zero-order valence-electron chi connectivity index (χ0n) is 26.7. The Morgan fingerprint density at radius 1 is 1.11 bits per heavy atom. The number of likely N-dealkylation sites (tertiary alicyclic amines) is 1. The molecule has 1 saturated carbocycles. The molecule has 1 aliphatic carbocycles. The molecule has 2 fully saturated rings. The summed E-state index contributed by atoms with van der Waals surface area (Å²) in [5, 5.41) is 3.26. The molecule has 13 heteroatoms. The number of pyridine rings is 1. The smallest absolute Gasteiger partial charge is 0.380 e. The minimum Gasteiger partial charge on any atom is -0.380 e. The molecule has 1 aliphatic heterocycles. The number of aromatic nitrogens is 4. The molecule has 2 aliphatic rings. The second-order valence-corrected chi connectivity index (χ2v) is 12.8. The normalized spacial score (nSPS) is 20.6. The maximum absolute atomic E-state index is 14.2. The predicted molar refractivity (Wildman–Crippen MR) is 167 cm³/mol. The van der Waals surface area contributed by atoms with E-state index >= 15 is 0 Å². The average Bonchev–Trinajstić information content (AvgIpc) is 3.57. The van der Waals surface area contributed by atoms with E-state index in [4.69, 9.17) is 4.74 Å². The van der Waals surface area contributed by atoms with Gasteiger partial charge < -0.3 is 19.5 Å². The molecule has 1 saturated heterocycles. The van der Waals surface area contributed by atoms with Crippen molar-refractivity contribution in [1.29, 1.82) is 0 Å². The Balaban J connectivity index is 1.32. The van der Waals surface area contributed by atoms with E-state index in [-0.39, 0.29) is 47.7 Å². The zero-order valence-corrected chi connectivity index (χ0v) is 26.7. The largest absolute Gasteiger partial charge is 0.433 e. The number of carbonyl (C=O) groups excluding carboxylic acids is 3. The van der Waals surface area contributed by atoms with Crippen LogP contribution in [0.4, 0.5) is 19.0 Å². The van der Waals surface area contributed by atoms with Gasteiger partial charge in [0.05, 0.1) is 12.1 Å². The Morgan fingerprint density at radius 2 is 1.83 bits per heavy atom. The van der Waals surface area contributed by atoms with Crippen molar-refractivity contribution < 1.29 is 32.3 Å². The molecule has 47 heavy (non-hydrogen) atoms. The summed E-state index contributed by atoms with van der Waals surface area (Å²) < 4.78 is 47.3. The SMILES string of the molecule is COCc1ccc(C(F)(F)F)nc1NC(=O)[C@@H]1CC[C@@]2(C)C[C@H]2N1C(=O)Cn1cc(C(C)=O)c2cc(-c3cnc(C)nc3)cc(C)c21. The van der Waals surface area contributed by atoms with Gasteiger partial charge in [0.25, 0.3) is 0 Å². The predicted octanol–water partition coefficient (Wildman–Crippen LogP) is 5.89. The van der Waals surface area contributed by atoms with Crippen LogP contribution in [-0.2, 0) is 33.7 Å². The average molecular weight is 649 g/mol. The number of ether oxygens (including phenoxy) is 1. The van der Waals surface area contributed by atoms with Crippen LogP contribution >= 0.6 is 0 Å². The first-order valence-corrected chi connectivity index (χ1v) is 15.3. The van der Waals surface area contributed by atoms with Gasteiger partial charge in [-0.05, 0) is 74.8 Å². The van der Waals surface area contributed by atoms with Gasteiger partial charge in [0, 0.05) is 53.8 Å². The van der Waals surface area contributed by atoms with Gasteiger partial charge in [-0.2, -0.15) is 13.2 Å². The molecule has 0 bridgehead atoms. The van der Waals surface area contributed by atoms with Crippen molar-refractivity contribution in [2.75, 3.05) is 12.4 Å². The Labute approximate surface area is 269 Å². The number of methoxy groups -OCH3 is 1. The third-order valence-electron chi connectivity index (χ3n) is 9.33. The number of rotatable bonds is 8. The van der Waals surface area contributed by atoms with Gasteiger partial charge in [0.2, 0.25) is 11.8 Å². The number of aryl methyl sites for hydroxylation is 2. The van der Waals surface area contributed by atoms with E-state index in [1.807, 2.05) is 19.1 Å². The van der Waals surface area contributed by atoms with Crippen LogP contribution in [0.2, 0.25) is 0 Å². The second kappa shape index (κ2) is 11.9. The van der Waals surface area contributed by atoms with Crippen molar-refractivity contribution in [2.24, 2.45) is 5.41 Å². The highest BCUT2D eigenvalue weighted by atomic mass is 19.4. The number of hydrogen-bond donors (Lipinski definition) is 1. The topological polar surface area (TPSA) is 119 Å². The summed E-state index contributed by atoms with van der Waals surface area (Å²) in [6, 6.07) is 4.79. The van der Waals surface area contributed by atoms with E-state index in [1.54, 1.807) is 35.0 Å². The molecule has 10 nitrogen and oxygen atoms in total. The van der Waals surface area contributed by atoms with Gasteiger partial charge in [-0.1, -0.05) is 13.0 Å². The number of piperidine rings is 1. The zero-order chi connectivity index (χ0) is 33.8. The molecule has 6 rings (SSSR count). The molecule has 246 valence electrons. The van der Waals surface area contributed by atoms with Gasteiger partial charge in [-0.15, -0.1) is 0 Å². The van der Waals surface area contributed by atoms with Crippen LogP contribution in [-0.4, -0.2) is 61.2 Å². The Morgan fingerprint density at radius 3 is 2.49 bits per heavy atom. The Kier molecular flexibility index (Phi) is 8.15. The molecule has 4 heterocycles. The van der Waals surface area contributed by atoms with Crippen LogP contribution in [0, 0.1) is 19.3 Å². The van der Waals surface area contributed by atoms with Crippen molar-refractivity contribution in [3.8, 4) is 11.1 Å². The number of amides is 2.